The first-order chi connectivity index (χ1) is 16.3. The summed E-state index contributed by atoms with van der Waals surface area (Å²) in [5, 5.41) is 22.3. The number of benzene rings is 2. The lowest BCUT2D eigenvalue weighted by molar-refractivity contribution is -0.384. The monoisotopic (exact) mass is 458 g/mol. The van der Waals surface area contributed by atoms with E-state index in [2.05, 4.69) is 4.98 Å². The van der Waals surface area contributed by atoms with E-state index in [-0.39, 0.29) is 23.4 Å². The van der Waals surface area contributed by atoms with E-state index < -0.39 is 28.4 Å². The van der Waals surface area contributed by atoms with Crippen molar-refractivity contribution >= 4 is 28.8 Å². The topological polar surface area (TPSA) is 117 Å². The summed E-state index contributed by atoms with van der Waals surface area (Å²) in [5.41, 5.74) is 1.84. The van der Waals surface area contributed by atoms with Gasteiger partial charge in [-0.05, 0) is 29.8 Å². The molecule has 2 heterocycles. The summed E-state index contributed by atoms with van der Waals surface area (Å²) >= 11 is 0. The number of Topliss-reactive ketones (excluding diaryl/α,β-unsaturated/α-hetero) is 1. The minimum absolute atomic E-state index is 0.0528. The Hall–Kier alpha value is -4.53. The molecular formula is C25H22N4O5. The van der Waals surface area contributed by atoms with Crippen LogP contribution in [0.5, 0.6) is 0 Å². The number of non-ortho nitro benzene ring substituents is 1. The fraction of sp³-hybridized carbons (Fsp3) is 0.160. The quantitative estimate of drug-likeness (QED) is 0.197. The molecule has 1 fully saturated rings. The van der Waals surface area contributed by atoms with E-state index >= 15 is 0 Å². The Bertz CT molecular complexity index is 1290. The first kappa shape index (κ1) is 22.7. The maximum absolute atomic E-state index is 13.1. The van der Waals surface area contributed by atoms with Gasteiger partial charge in [-0.25, -0.2) is 0 Å². The number of hydrogen-bond acceptors (Lipinski definition) is 7. The third-order valence-electron chi connectivity index (χ3n) is 5.65. The van der Waals surface area contributed by atoms with Gasteiger partial charge in [0, 0.05) is 43.7 Å². The summed E-state index contributed by atoms with van der Waals surface area (Å²) in [6, 6.07) is 17.0. The van der Waals surface area contributed by atoms with Gasteiger partial charge in [0.05, 0.1) is 28.8 Å². The lowest BCUT2D eigenvalue weighted by atomic mass is 9.95. The van der Waals surface area contributed by atoms with Crippen molar-refractivity contribution < 1.29 is 19.6 Å². The molecule has 0 aliphatic carbocycles. The molecule has 1 N–H and O–H groups in total. The van der Waals surface area contributed by atoms with Gasteiger partial charge in [-0.15, -0.1) is 0 Å². The molecule has 9 nitrogen and oxygen atoms in total. The SMILES string of the molecule is CN(C)c1ccc(C2/C(=C(/O)c3cccc([N+](=O)[O-])c3)C(=O)C(=O)N2Cc2ccccn2)cc1. The minimum atomic E-state index is -0.891. The lowest BCUT2D eigenvalue weighted by Gasteiger charge is -2.25. The van der Waals surface area contributed by atoms with E-state index in [1.165, 1.54) is 29.2 Å². The van der Waals surface area contributed by atoms with Crippen molar-refractivity contribution in [3.63, 3.8) is 0 Å². The summed E-state index contributed by atoms with van der Waals surface area (Å²) in [4.78, 5) is 44.4. The van der Waals surface area contributed by atoms with Crippen LogP contribution in [0.2, 0.25) is 0 Å². The Morgan fingerprint density at radius 2 is 1.82 bits per heavy atom. The van der Waals surface area contributed by atoms with Crippen molar-refractivity contribution in [2.24, 2.45) is 0 Å². The molecule has 1 saturated heterocycles. The van der Waals surface area contributed by atoms with Crippen molar-refractivity contribution in [3.8, 4) is 0 Å². The van der Waals surface area contributed by atoms with Gasteiger partial charge in [0.2, 0.25) is 0 Å². The third kappa shape index (κ3) is 4.23. The van der Waals surface area contributed by atoms with Gasteiger partial charge < -0.3 is 14.9 Å². The van der Waals surface area contributed by atoms with Crippen molar-refractivity contribution in [2.45, 2.75) is 12.6 Å². The number of ketones is 1. The highest BCUT2D eigenvalue weighted by molar-refractivity contribution is 6.46. The average molecular weight is 458 g/mol. The lowest BCUT2D eigenvalue weighted by Crippen LogP contribution is -2.29. The number of anilines is 1. The number of carbonyl (C=O) groups is 2. The molecule has 9 heteroatoms. The Balaban J connectivity index is 1.87. The normalized spacial score (nSPS) is 17.1. The largest absolute Gasteiger partial charge is 0.507 e. The summed E-state index contributed by atoms with van der Waals surface area (Å²) in [5.74, 6) is -2.10. The van der Waals surface area contributed by atoms with Gasteiger partial charge in [-0.3, -0.25) is 24.7 Å². The number of nitro groups is 1. The number of likely N-dealkylation sites (tertiary alicyclic amines) is 1. The van der Waals surface area contributed by atoms with Crippen molar-refractivity contribution in [1.82, 2.24) is 9.88 Å². The Morgan fingerprint density at radius 1 is 1.09 bits per heavy atom. The summed E-state index contributed by atoms with van der Waals surface area (Å²) < 4.78 is 0. The van der Waals surface area contributed by atoms with Gasteiger partial charge in [0.15, 0.2) is 0 Å². The zero-order valence-electron chi connectivity index (χ0n) is 18.6. The first-order valence-electron chi connectivity index (χ1n) is 10.5. The molecule has 4 rings (SSSR count). The molecule has 2 aromatic carbocycles. The molecule has 1 amide bonds. The molecule has 1 atom stereocenters. The Labute approximate surface area is 195 Å². The third-order valence-corrected chi connectivity index (χ3v) is 5.65. The second-order valence-electron chi connectivity index (χ2n) is 8.04. The van der Waals surface area contributed by atoms with E-state index in [0.29, 0.717) is 11.3 Å². The first-order valence-corrected chi connectivity index (χ1v) is 10.5. The molecule has 1 unspecified atom stereocenters. The summed E-state index contributed by atoms with van der Waals surface area (Å²) in [6.45, 7) is 0.0528. The predicted molar refractivity (Wildman–Crippen MR) is 126 cm³/mol. The minimum Gasteiger partial charge on any atom is -0.507 e. The van der Waals surface area contributed by atoms with E-state index in [9.17, 15) is 24.8 Å². The average Bonchev–Trinajstić information content (AvgIpc) is 3.09. The molecule has 0 radical (unpaired) electrons. The van der Waals surface area contributed by atoms with E-state index in [0.717, 1.165) is 5.69 Å². The number of hydrogen-bond donors (Lipinski definition) is 1. The highest BCUT2D eigenvalue weighted by atomic mass is 16.6. The fourth-order valence-corrected chi connectivity index (χ4v) is 3.93. The van der Waals surface area contributed by atoms with Gasteiger partial charge in [-0.2, -0.15) is 0 Å². The van der Waals surface area contributed by atoms with Crippen LogP contribution in [0, 0.1) is 10.1 Å². The molecule has 1 aliphatic heterocycles. The number of rotatable bonds is 6. The maximum atomic E-state index is 13.1. The van der Waals surface area contributed by atoms with Crippen LogP contribution in [-0.2, 0) is 16.1 Å². The van der Waals surface area contributed by atoms with E-state index in [1.54, 1.807) is 36.5 Å². The van der Waals surface area contributed by atoms with Gasteiger partial charge >= 0.3 is 0 Å². The highest BCUT2D eigenvalue weighted by Crippen LogP contribution is 2.40. The van der Waals surface area contributed by atoms with Gasteiger partial charge in [0.1, 0.15) is 5.76 Å². The number of aliphatic hydroxyl groups is 1. The number of amides is 1. The number of carbonyl (C=O) groups excluding carboxylic acids is 2. The summed E-state index contributed by atoms with van der Waals surface area (Å²) in [7, 11) is 3.79. The zero-order chi connectivity index (χ0) is 24.4. The van der Waals surface area contributed by atoms with Gasteiger partial charge in [0.25, 0.3) is 17.4 Å². The molecule has 3 aromatic rings. The van der Waals surface area contributed by atoms with Crippen LogP contribution in [-0.4, -0.2) is 45.7 Å². The molecular weight excluding hydrogens is 436 g/mol. The molecule has 0 spiro atoms. The van der Waals surface area contributed by atoms with Crippen molar-refractivity contribution in [3.05, 3.63) is 105 Å². The molecule has 172 valence electrons. The van der Waals surface area contributed by atoms with Crippen molar-refractivity contribution in [2.75, 3.05) is 19.0 Å². The Kier molecular flexibility index (Phi) is 6.09. The predicted octanol–water partition coefficient (Wildman–Crippen LogP) is 3.68. The molecule has 1 aromatic heterocycles. The van der Waals surface area contributed by atoms with Crippen molar-refractivity contribution in [1.29, 1.82) is 0 Å². The standard InChI is InChI=1S/C25H22N4O5/c1-27(2)19-11-9-16(10-12-19)22-21(23(30)17-6-5-8-20(14-17)29(33)34)24(31)25(32)28(22)15-18-7-3-4-13-26-18/h3-14,22,30H,15H2,1-2H3/b23-21-. The smallest absolute Gasteiger partial charge is 0.296 e. The highest BCUT2D eigenvalue weighted by Gasteiger charge is 2.46. The van der Waals surface area contributed by atoms with Crippen LogP contribution in [0.1, 0.15) is 22.9 Å². The summed E-state index contributed by atoms with van der Waals surface area (Å²) in [6.07, 6.45) is 1.59. The zero-order valence-corrected chi connectivity index (χ0v) is 18.6. The number of pyridine rings is 1. The van der Waals surface area contributed by atoms with Crippen LogP contribution < -0.4 is 4.90 Å². The van der Waals surface area contributed by atoms with Crippen LogP contribution in [0.15, 0.2) is 78.5 Å². The van der Waals surface area contributed by atoms with Gasteiger partial charge in [-0.1, -0.05) is 30.3 Å². The Morgan fingerprint density at radius 3 is 2.44 bits per heavy atom. The van der Waals surface area contributed by atoms with Crippen LogP contribution in [0.25, 0.3) is 5.76 Å². The number of aliphatic hydroxyl groups excluding tert-OH is 1. The molecule has 1 aliphatic rings. The molecule has 0 bridgehead atoms. The second-order valence-corrected chi connectivity index (χ2v) is 8.04. The van der Waals surface area contributed by atoms with E-state index in [4.69, 9.17) is 0 Å². The second kappa shape index (κ2) is 9.14. The molecule has 0 saturated carbocycles. The fourth-order valence-electron chi connectivity index (χ4n) is 3.93. The van der Waals surface area contributed by atoms with E-state index in [1.807, 2.05) is 31.1 Å². The van der Waals surface area contributed by atoms with Crippen LogP contribution >= 0.6 is 0 Å². The number of nitro benzene ring substituents is 1. The number of nitrogens with zero attached hydrogens (tertiary/aromatic N) is 4. The van der Waals surface area contributed by atoms with Crippen LogP contribution in [0.4, 0.5) is 11.4 Å². The maximum Gasteiger partial charge on any atom is 0.296 e. The van der Waals surface area contributed by atoms with Crippen LogP contribution in [0.3, 0.4) is 0 Å². The molecule has 34 heavy (non-hydrogen) atoms. The number of aromatic nitrogens is 1.